The summed E-state index contributed by atoms with van der Waals surface area (Å²) in [4.78, 5) is 22.3. The largest absolute Gasteiger partial charge is 0.504 e. The number of aromatic hydroxyl groups is 1. The zero-order valence-corrected chi connectivity index (χ0v) is 10.3. The molecule has 1 aliphatic rings. The van der Waals surface area contributed by atoms with Crippen LogP contribution in [0.25, 0.3) is 0 Å². The number of hydrogen-bond acceptors (Lipinski definition) is 5. The number of phenols is 1. The molecule has 1 aromatic rings. The van der Waals surface area contributed by atoms with Crippen LogP contribution in [0, 0.1) is 5.92 Å². The third-order valence-corrected chi connectivity index (χ3v) is 2.94. The summed E-state index contributed by atoms with van der Waals surface area (Å²) >= 11 is 0. The van der Waals surface area contributed by atoms with Crippen molar-refractivity contribution in [1.29, 1.82) is 0 Å². The predicted octanol–water partition coefficient (Wildman–Crippen LogP) is 1.48. The van der Waals surface area contributed by atoms with E-state index in [1.165, 1.54) is 18.2 Å². The number of cyclic esters (lactones) is 1. The van der Waals surface area contributed by atoms with Gasteiger partial charge in [0, 0.05) is 0 Å². The molecule has 2 N–H and O–H groups in total. The van der Waals surface area contributed by atoms with Crippen molar-refractivity contribution < 1.29 is 29.3 Å². The van der Waals surface area contributed by atoms with Crippen LogP contribution in [0.5, 0.6) is 11.5 Å². The molecule has 6 heteroatoms. The quantitative estimate of drug-likeness (QED) is 0.802. The van der Waals surface area contributed by atoms with Crippen LogP contribution < -0.4 is 4.74 Å². The molecular formula is C13H14O6. The van der Waals surface area contributed by atoms with Gasteiger partial charge in [0.15, 0.2) is 11.5 Å². The Bertz CT molecular complexity index is 510. The lowest BCUT2D eigenvalue weighted by molar-refractivity contribution is -0.144. The standard InChI is InChI=1S/C13H14O6/c1-2-18-10-5-7(3-4-9(10)14)12-8(13(16)17)6-11(15)19-12/h3-5,8,12,14H,2,6H2,1H3,(H,16,17). The van der Waals surface area contributed by atoms with Gasteiger partial charge in [0.1, 0.15) is 12.0 Å². The topological polar surface area (TPSA) is 93.1 Å². The van der Waals surface area contributed by atoms with Crippen LogP contribution >= 0.6 is 0 Å². The third-order valence-electron chi connectivity index (χ3n) is 2.94. The predicted molar refractivity (Wildman–Crippen MR) is 63.9 cm³/mol. The zero-order valence-electron chi connectivity index (χ0n) is 10.3. The smallest absolute Gasteiger partial charge is 0.311 e. The van der Waals surface area contributed by atoms with E-state index in [9.17, 15) is 14.7 Å². The fourth-order valence-corrected chi connectivity index (χ4v) is 2.05. The first-order valence-corrected chi connectivity index (χ1v) is 5.91. The van der Waals surface area contributed by atoms with Gasteiger partial charge in [-0.3, -0.25) is 9.59 Å². The number of ether oxygens (including phenoxy) is 2. The molecule has 0 saturated carbocycles. The van der Waals surface area contributed by atoms with Crippen molar-refractivity contribution in [3.05, 3.63) is 23.8 Å². The molecular weight excluding hydrogens is 252 g/mol. The Morgan fingerprint density at radius 1 is 1.53 bits per heavy atom. The molecule has 1 saturated heterocycles. The highest BCUT2D eigenvalue weighted by Crippen LogP contribution is 2.38. The average molecular weight is 266 g/mol. The Labute approximate surface area is 109 Å². The van der Waals surface area contributed by atoms with Crippen LogP contribution in [0.1, 0.15) is 25.0 Å². The van der Waals surface area contributed by atoms with Crippen LogP contribution in [0.15, 0.2) is 18.2 Å². The number of esters is 1. The first-order chi connectivity index (χ1) is 9.02. The molecule has 102 valence electrons. The monoisotopic (exact) mass is 266 g/mol. The Morgan fingerprint density at radius 3 is 2.89 bits per heavy atom. The van der Waals surface area contributed by atoms with Crippen LogP contribution in [-0.2, 0) is 14.3 Å². The Kier molecular flexibility index (Phi) is 3.59. The summed E-state index contributed by atoms with van der Waals surface area (Å²) in [5.74, 6) is -2.33. The van der Waals surface area contributed by atoms with Gasteiger partial charge < -0.3 is 19.7 Å². The molecule has 0 aromatic heterocycles. The Balaban J connectivity index is 2.32. The van der Waals surface area contributed by atoms with E-state index in [0.29, 0.717) is 12.2 Å². The molecule has 2 unspecified atom stereocenters. The molecule has 6 nitrogen and oxygen atoms in total. The molecule has 19 heavy (non-hydrogen) atoms. The summed E-state index contributed by atoms with van der Waals surface area (Å²) in [6.45, 7) is 2.13. The number of carboxylic acids is 1. The summed E-state index contributed by atoms with van der Waals surface area (Å²) in [5.41, 5.74) is 0.500. The molecule has 0 radical (unpaired) electrons. The Hall–Kier alpha value is -2.24. The van der Waals surface area contributed by atoms with Gasteiger partial charge in [-0.2, -0.15) is 0 Å². The molecule has 0 bridgehead atoms. The summed E-state index contributed by atoms with van der Waals surface area (Å²) in [6, 6.07) is 4.42. The highest BCUT2D eigenvalue weighted by molar-refractivity contribution is 5.82. The fourth-order valence-electron chi connectivity index (χ4n) is 2.05. The van der Waals surface area contributed by atoms with Gasteiger partial charge in [-0.1, -0.05) is 6.07 Å². The molecule has 1 fully saturated rings. The molecule has 0 amide bonds. The maximum Gasteiger partial charge on any atom is 0.311 e. The van der Waals surface area contributed by atoms with Crippen LogP contribution in [0.2, 0.25) is 0 Å². The van der Waals surface area contributed by atoms with E-state index in [-0.39, 0.29) is 17.9 Å². The van der Waals surface area contributed by atoms with Crippen molar-refractivity contribution in [1.82, 2.24) is 0 Å². The van der Waals surface area contributed by atoms with Crippen molar-refractivity contribution in [3.8, 4) is 11.5 Å². The molecule has 0 spiro atoms. The minimum atomic E-state index is -1.08. The molecule has 0 aliphatic carbocycles. The lowest BCUT2D eigenvalue weighted by Gasteiger charge is -2.16. The van der Waals surface area contributed by atoms with E-state index < -0.39 is 24.0 Å². The minimum Gasteiger partial charge on any atom is -0.504 e. The van der Waals surface area contributed by atoms with Gasteiger partial charge in [0.05, 0.1) is 13.0 Å². The maximum atomic E-state index is 11.3. The maximum absolute atomic E-state index is 11.3. The number of carboxylic acid groups (broad SMARTS) is 1. The summed E-state index contributed by atoms with van der Waals surface area (Å²) < 4.78 is 10.3. The number of hydrogen-bond donors (Lipinski definition) is 2. The lowest BCUT2D eigenvalue weighted by Crippen LogP contribution is -2.17. The second kappa shape index (κ2) is 5.17. The average Bonchev–Trinajstić information content (AvgIpc) is 2.75. The highest BCUT2D eigenvalue weighted by atomic mass is 16.6. The number of phenolic OH excluding ortho intramolecular Hbond substituents is 1. The molecule has 1 aliphatic heterocycles. The second-order valence-electron chi connectivity index (χ2n) is 4.22. The SMILES string of the molecule is CCOc1cc(C2OC(=O)CC2C(=O)O)ccc1O. The molecule has 2 rings (SSSR count). The Morgan fingerprint density at radius 2 is 2.26 bits per heavy atom. The molecule has 2 atom stereocenters. The number of rotatable bonds is 4. The summed E-state index contributed by atoms with van der Waals surface area (Å²) in [5, 5.41) is 18.7. The van der Waals surface area contributed by atoms with E-state index in [0.717, 1.165) is 0 Å². The summed E-state index contributed by atoms with van der Waals surface area (Å²) in [6.07, 6.45) is -0.991. The second-order valence-corrected chi connectivity index (χ2v) is 4.22. The van der Waals surface area contributed by atoms with E-state index >= 15 is 0 Å². The van der Waals surface area contributed by atoms with Crippen molar-refractivity contribution in [2.45, 2.75) is 19.4 Å². The van der Waals surface area contributed by atoms with Crippen molar-refractivity contribution in [2.24, 2.45) is 5.92 Å². The highest BCUT2D eigenvalue weighted by Gasteiger charge is 2.41. The first kappa shape index (κ1) is 13.2. The van der Waals surface area contributed by atoms with Crippen LogP contribution in [0.3, 0.4) is 0 Å². The van der Waals surface area contributed by atoms with Gasteiger partial charge in [-0.05, 0) is 24.6 Å². The van der Waals surface area contributed by atoms with Crippen molar-refractivity contribution in [2.75, 3.05) is 6.61 Å². The lowest BCUT2D eigenvalue weighted by atomic mass is 9.95. The van der Waals surface area contributed by atoms with Gasteiger partial charge in [0.2, 0.25) is 0 Å². The van der Waals surface area contributed by atoms with Gasteiger partial charge in [0.25, 0.3) is 0 Å². The fraction of sp³-hybridized carbons (Fsp3) is 0.385. The van der Waals surface area contributed by atoms with Crippen LogP contribution in [0.4, 0.5) is 0 Å². The van der Waals surface area contributed by atoms with Gasteiger partial charge >= 0.3 is 11.9 Å². The minimum absolute atomic E-state index is 0.0400. The van der Waals surface area contributed by atoms with E-state index in [1.807, 2.05) is 0 Å². The number of carbonyl (C=O) groups excluding carboxylic acids is 1. The zero-order chi connectivity index (χ0) is 14.0. The van der Waals surface area contributed by atoms with Gasteiger partial charge in [-0.25, -0.2) is 0 Å². The van der Waals surface area contributed by atoms with Crippen LogP contribution in [-0.4, -0.2) is 28.8 Å². The van der Waals surface area contributed by atoms with E-state index in [1.54, 1.807) is 6.92 Å². The van der Waals surface area contributed by atoms with Crippen molar-refractivity contribution >= 4 is 11.9 Å². The number of carbonyl (C=O) groups is 2. The van der Waals surface area contributed by atoms with Gasteiger partial charge in [-0.15, -0.1) is 0 Å². The molecule has 1 heterocycles. The van der Waals surface area contributed by atoms with E-state index in [4.69, 9.17) is 14.6 Å². The first-order valence-electron chi connectivity index (χ1n) is 5.91. The molecule has 1 aromatic carbocycles. The van der Waals surface area contributed by atoms with E-state index in [2.05, 4.69) is 0 Å². The third kappa shape index (κ3) is 2.62. The normalized spacial score (nSPS) is 22.1. The number of benzene rings is 1. The van der Waals surface area contributed by atoms with Crippen molar-refractivity contribution in [3.63, 3.8) is 0 Å². The summed E-state index contributed by atoms with van der Waals surface area (Å²) in [7, 11) is 0. The number of aliphatic carboxylic acids is 1.